The van der Waals surface area contributed by atoms with Crippen molar-refractivity contribution in [3.8, 4) is 0 Å². The number of likely N-dealkylation sites (N-methyl/N-ethyl adjacent to an activating group) is 1. The smallest absolute Gasteiger partial charge is 0.145 e. The normalized spacial score (nSPS) is 19.9. The maximum absolute atomic E-state index is 5.43. The second-order valence-electron chi connectivity index (χ2n) is 5.46. The second-order valence-corrected chi connectivity index (χ2v) is 5.46. The van der Waals surface area contributed by atoms with Crippen molar-refractivity contribution in [3.63, 3.8) is 0 Å². The summed E-state index contributed by atoms with van der Waals surface area (Å²) in [5, 5.41) is 0. The number of aromatic nitrogens is 2. The number of anilines is 2. The van der Waals surface area contributed by atoms with Crippen molar-refractivity contribution >= 4 is 11.6 Å². The summed E-state index contributed by atoms with van der Waals surface area (Å²) in [6.07, 6.45) is 0. The lowest BCUT2D eigenvalue weighted by Crippen LogP contribution is -2.57. The van der Waals surface area contributed by atoms with E-state index in [9.17, 15) is 0 Å². The quantitative estimate of drug-likeness (QED) is 0.592. The molecule has 0 radical (unpaired) electrons. The van der Waals surface area contributed by atoms with Crippen LogP contribution in [0.2, 0.25) is 0 Å². The van der Waals surface area contributed by atoms with Crippen LogP contribution >= 0.6 is 0 Å². The van der Waals surface area contributed by atoms with E-state index in [0.29, 0.717) is 5.82 Å². The minimum atomic E-state index is 0.146. The molecule has 1 saturated heterocycles. The van der Waals surface area contributed by atoms with Crippen molar-refractivity contribution in [2.75, 3.05) is 37.0 Å². The molecular formula is C12H22N6. The SMILES string of the molecule is Cc1nc(NN)cc(N2CCN(C)C(C)(C)C2)n1. The lowest BCUT2D eigenvalue weighted by atomic mass is 10.00. The van der Waals surface area contributed by atoms with Crippen LogP contribution in [0.4, 0.5) is 11.6 Å². The molecule has 0 atom stereocenters. The average molecular weight is 250 g/mol. The highest BCUT2D eigenvalue weighted by Gasteiger charge is 2.31. The first kappa shape index (κ1) is 13.0. The molecule has 2 heterocycles. The van der Waals surface area contributed by atoms with E-state index in [2.05, 4.69) is 46.1 Å². The maximum atomic E-state index is 5.43. The molecule has 18 heavy (non-hydrogen) atoms. The van der Waals surface area contributed by atoms with Gasteiger partial charge in [-0.3, -0.25) is 4.90 Å². The third-order valence-electron chi connectivity index (χ3n) is 3.61. The molecule has 0 saturated carbocycles. The van der Waals surface area contributed by atoms with Crippen LogP contribution in [-0.2, 0) is 0 Å². The standard InChI is InChI=1S/C12H22N6/c1-9-14-10(16-13)7-11(15-9)18-6-5-17(4)12(2,3)8-18/h7H,5-6,8,13H2,1-4H3,(H,14,15,16). The van der Waals surface area contributed by atoms with Gasteiger partial charge in [-0.25, -0.2) is 15.8 Å². The maximum Gasteiger partial charge on any atom is 0.145 e. The Bertz CT molecular complexity index is 431. The highest BCUT2D eigenvalue weighted by atomic mass is 15.3. The van der Waals surface area contributed by atoms with Crippen LogP contribution in [0.1, 0.15) is 19.7 Å². The number of hydrogen-bond acceptors (Lipinski definition) is 6. The topological polar surface area (TPSA) is 70.3 Å². The molecule has 0 spiro atoms. The van der Waals surface area contributed by atoms with E-state index in [-0.39, 0.29) is 5.54 Å². The molecule has 2 rings (SSSR count). The van der Waals surface area contributed by atoms with Crippen LogP contribution in [-0.4, -0.2) is 47.1 Å². The van der Waals surface area contributed by atoms with Gasteiger partial charge in [-0.15, -0.1) is 0 Å². The summed E-state index contributed by atoms with van der Waals surface area (Å²) in [6, 6.07) is 1.90. The summed E-state index contributed by atoms with van der Waals surface area (Å²) in [4.78, 5) is 13.4. The van der Waals surface area contributed by atoms with E-state index in [1.165, 1.54) is 0 Å². The van der Waals surface area contributed by atoms with Crippen LogP contribution in [0.3, 0.4) is 0 Å². The van der Waals surface area contributed by atoms with Gasteiger partial charge in [0.1, 0.15) is 17.5 Å². The molecule has 0 unspecified atom stereocenters. The summed E-state index contributed by atoms with van der Waals surface area (Å²) in [5.41, 5.74) is 2.73. The van der Waals surface area contributed by atoms with E-state index in [0.717, 1.165) is 31.3 Å². The van der Waals surface area contributed by atoms with Gasteiger partial charge >= 0.3 is 0 Å². The molecule has 0 aliphatic carbocycles. The van der Waals surface area contributed by atoms with Gasteiger partial charge < -0.3 is 10.3 Å². The molecule has 0 amide bonds. The molecule has 100 valence electrons. The number of piperazine rings is 1. The number of nitrogens with two attached hydrogens (primary N) is 1. The first-order valence-corrected chi connectivity index (χ1v) is 6.21. The zero-order valence-electron chi connectivity index (χ0n) is 11.6. The van der Waals surface area contributed by atoms with Crippen molar-refractivity contribution in [1.82, 2.24) is 14.9 Å². The molecule has 3 N–H and O–H groups in total. The zero-order valence-corrected chi connectivity index (χ0v) is 11.6. The fraction of sp³-hybridized carbons (Fsp3) is 0.667. The van der Waals surface area contributed by atoms with Crippen LogP contribution < -0.4 is 16.2 Å². The van der Waals surface area contributed by atoms with E-state index < -0.39 is 0 Å². The Morgan fingerprint density at radius 1 is 1.33 bits per heavy atom. The van der Waals surface area contributed by atoms with E-state index in [4.69, 9.17) is 5.84 Å². The Morgan fingerprint density at radius 2 is 2.06 bits per heavy atom. The zero-order chi connectivity index (χ0) is 13.3. The number of nitrogens with zero attached hydrogens (tertiary/aromatic N) is 4. The third-order valence-corrected chi connectivity index (χ3v) is 3.61. The fourth-order valence-corrected chi connectivity index (χ4v) is 2.22. The van der Waals surface area contributed by atoms with Gasteiger partial charge in [0, 0.05) is 31.2 Å². The molecule has 0 bridgehead atoms. The van der Waals surface area contributed by atoms with Gasteiger partial charge in [-0.1, -0.05) is 0 Å². The minimum Gasteiger partial charge on any atom is -0.353 e. The highest BCUT2D eigenvalue weighted by molar-refractivity contribution is 5.49. The fourth-order valence-electron chi connectivity index (χ4n) is 2.22. The number of hydrogen-bond donors (Lipinski definition) is 2. The van der Waals surface area contributed by atoms with Crippen molar-refractivity contribution in [2.24, 2.45) is 5.84 Å². The van der Waals surface area contributed by atoms with Crippen LogP contribution in [0.25, 0.3) is 0 Å². The van der Waals surface area contributed by atoms with Gasteiger partial charge in [0.15, 0.2) is 0 Å². The summed E-state index contributed by atoms with van der Waals surface area (Å²) in [5.74, 6) is 7.76. The van der Waals surface area contributed by atoms with Gasteiger partial charge in [0.2, 0.25) is 0 Å². The lowest BCUT2D eigenvalue weighted by molar-refractivity contribution is 0.138. The molecule has 1 aromatic heterocycles. The van der Waals surface area contributed by atoms with Crippen molar-refractivity contribution in [2.45, 2.75) is 26.3 Å². The summed E-state index contributed by atoms with van der Waals surface area (Å²) in [7, 11) is 2.16. The summed E-state index contributed by atoms with van der Waals surface area (Å²) < 4.78 is 0. The Labute approximate surface area is 108 Å². The Morgan fingerprint density at radius 3 is 2.67 bits per heavy atom. The number of rotatable bonds is 2. The Balaban J connectivity index is 2.24. The van der Waals surface area contributed by atoms with Crippen molar-refractivity contribution < 1.29 is 0 Å². The predicted molar refractivity (Wildman–Crippen MR) is 73.5 cm³/mol. The van der Waals surface area contributed by atoms with E-state index in [1.54, 1.807) is 0 Å². The van der Waals surface area contributed by atoms with E-state index in [1.807, 2.05) is 13.0 Å². The monoisotopic (exact) mass is 250 g/mol. The van der Waals surface area contributed by atoms with Crippen molar-refractivity contribution in [1.29, 1.82) is 0 Å². The molecule has 1 aromatic rings. The molecule has 0 aromatic carbocycles. The first-order chi connectivity index (χ1) is 8.42. The number of nitrogens with one attached hydrogen (secondary N) is 1. The minimum absolute atomic E-state index is 0.146. The molecule has 6 heteroatoms. The third kappa shape index (κ3) is 2.54. The molecule has 1 fully saturated rings. The second kappa shape index (κ2) is 4.70. The number of hydrazine groups is 1. The molecule has 1 aliphatic heterocycles. The predicted octanol–water partition coefficient (Wildman–Crippen LogP) is 0.601. The van der Waals surface area contributed by atoms with Crippen LogP contribution in [0.5, 0.6) is 0 Å². The van der Waals surface area contributed by atoms with Gasteiger partial charge in [-0.05, 0) is 27.8 Å². The first-order valence-electron chi connectivity index (χ1n) is 6.21. The molecule has 6 nitrogen and oxygen atoms in total. The lowest BCUT2D eigenvalue weighted by Gasteiger charge is -2.45. The summed E-state index contributed by atoms with van der Waals surface area (Å²) in [6.45, 7) is 9.32. The van der Waals surface area contributed by atoms with Crippen molar-refractivity contribution in [3.05, 3.63) is 11.9 Å². The number of nitrogen functional groups attached to an aromatic ring is 1. The Hall–Kier alpha value is -1.40. The highest BCUT2D eigenvalue weighted by Crippen LogP contribution is 2.24. The Kier molecular flexibility index (Phi) is 3.41. The largest absolute Gasteiger partial charge is 0.353 e. The molecular weight excluding hydrogens is 228 g/mol. The average Bonchev–Trinajstić information content (AvgIpc) is 2.31. The number of aryl methyl sites for hydroxylation is 1. The van der Waals surface area contributed by atoms with Gasteiger partial charge in [0.25, 0.3) is 0 Å². The van der Waals surface area contributed by atoms with Crippen LogP contribution in [0.15, 0.2) is 6.07 Å². The molecule has 1 aliphatic rings. The summed E-state index contributed by atoms with van der Waals surface area (Å²) >= 11 is 0. The van der Waals surface area contributed by atoms with E-state index >= 15 is 0 Å². The van der Waals surface area contributed by atoms with Crippen LogP contribution in [0, 0.1) is 6.92 Å². The van der Waals surface area contributed by atoms with Gasteiger partial charge in [0.05, 0.1) is 0 Å². The van der Waals surface area contributed by atoms with Gasteiger partial charge in [-0.2, -0.15) is 0 Å².